The Bertz CT molecular complexity index is 1320. The fourth-order valence-corrected chi connectivity index (χ4v) is 3.88. The number of methoxy groups -OCH3 is 2. The number of benzene rings is 2. The summed E-state index contributed by atoms with van der Waals surface area (Å²) in [4.78, 5) is 21.2. The molecule has 202 valence electrons. The van der Waals surface area contributed by atoms with E-state index in [0.717, 1.165) is 34.6 Å². The third-order valence-corrected chi connectivity index (χ3v) is 5.79. The first kappa shape index (κ1) is 29.7. The summed E-state index contributed by atoms with van der Waals surface area (Å²) in [5.41, 5.74) is 3.60. The van der Waals surface area contributed by atoms with Gasteiger partial charge in [0.15, 0.2) is 6.61 Å². The molecule has 0 saturated carbocycles. The van der Waals surface area contributed by atoms with E-state index >= 15 is 0 Å². The predicted molar refractivity (Wildman–Crippen MR) is 148 cm³/mol. The highest BCUT2D eigenvalue weighted by Crippen LogP contribution is 2.27. The molecule has 0 aliphatic heterocycles. The lowest BCUT2D eigenvalue weighted by Crippen LogP contribution is -2.07. The largest absolute Gasteiger partial charge is 0.464 e. The molecule has 9 nitrogen and oxygen atoms in total. The first-order valence-corrected chi connectivity index (χ1v) is 12.6. The molecule has 2 unspecified atom stereocenters. The quantitative estimate of drug-likeness (QED) is 0.0798. The van der Waals surface area contributed by atoms with Crippen LogP contribution in [-0.2, 0) is 18.7 Å². The Morgan fingerprint density at radius 2 is 1.31 bits per heavy atom. The minimum absolute atomic E-state index is 0.230. The van der Waals surface area contributed by atoms with Crippen molar-refractivity contribution in [2.75, 3.05) is 27.9 Å². The van der Waals surface area contributed by atoms with Crippen molar-refractivity contribution in [3.8, 4) is 17.7 Å². The fraction of sp³-hybridized carbons (Fsp3) is 0.241. The van der Waals surface area contributed by atoms with Gasteiger partial charge in [-0.15, -0.1) is 5.92 Å². The van der Waals surface area contributed by atoms with Gasteiger partial charge in [-0.2, -0.15) is 4.33 Å². The highest BCUT2D eigenvalue weighted by atomic mass is 32.2. The van der Waals surface area contributed by atoms with Crippen molar-refractivity contribution in [1.29, 1.82) is 0 Å². The molecule has 0 bridgehead atoms. The van der Waals surface area contributed by atoms with E-state index in [1.54, 1.807) is 27.2 Å². The van der Waals surface area contributed by atoms with Crippen LogP contribution >= 0.6 is 12.0 Å². The molecule has 2 aromatic carbocycles. The first-order valence-electron chi connectivity index (χ1n) is 11.9. The Kier molecular flexibility index (Phi) is 12.9. The second-order valence-electron chi connectivity index (χ2n) is 7.65. The Hall–Kier alpha value is -3.85. The van der Waals surface area contributed by atoms with E-state index in [1.165, 1.54) is 19.8 Å². The molecule has 4 aromatic rings. The summed E-state index contributed by atoms with van der Waals surface area (Å²) in [5, 5.41) is 0.657. The standard InChI is InChI=1S/C16H16N2O2.C13H14N2O3S/c1-3-4-10-20-15-11-14(17-12-18-15)16(19-2)13-8-6-5-7-9-13;1-16-13(10-6-4-3-5-7-10)11-8-12(15-9-14-11)19-18-17-2/h5-9,11-12,16H,10H2,1-2H3;3-9,13H,1-2H3. The van der Waals surface area contributed by atoms with Crippen LogP contribution in [0.5, 0.6) is 5.88 Å². The van der Waals surface area contributed by atoms with E-state index in [9.17, 15) is 0 Å². The minimum Gasteiger partial charge on any atom is -0.464 e. The highest BCUT2D eigenvalue weighted by Gasteiger charge is 2.16. The van der Waals surface area contributed by atoms with E-state index in [2.05, 4.69) is 36.7 Å². The number of ether oxygens (including phenoxy) is 3. The first-order chi connectivity index (χ1) is 19.2. The zero-order valence-corrected chi connectivity index (χ0v) is 23.0. The molecule has 0 radical (unpaired) electrons. The Morgan fingerprint density at radius 3 is 1.85 bits per heavy atom. The molecule has 0 spiro atoms. The van der Waals surface area contributed by atoms with Gasteiger partial charge in [0.25, 0.3) is 0 Å². The highest BCUT2D eigenvalue weighted by molar-refractivity contribution is 7.94. The Morgan fingerprint density at radius 1 is 0.744 bits per heavy atom. The van der Waals surface area contributed by atoms with Crippen molar-refractivity contribution in [3.05, 3.63) is 108 Å². The molecule has 39 heavy (non-hydrogen) atoms. The fourth-order valence-electron chi connectivity index (χ4n) is 3.48. The third kappa shape index (κ3) is 9.44. The van der Waals surface area contributed by atoms with Gasteiger partial charge in [-0.3, -0.25) is 0 Å². The number of rotatable bonds is 11. The van der Waals surface area contributed by atoms with Gasteiger partial charge in [0, 0.05) is 20.3 Å². The minimum atomic E-state index is -0.237. The maximum atomic E-state index is 5.53. The maximum Gasteiger partial charge on any atom is 0.217 e. The van der Waals surface area contributed by atoms with Gasteiger partial charge >= 0.3 is 0 Å². The van der Waals surface area contributed by atoms with Gasteiger partial charge < -0.3 is 14.2 Å². The average molecular weight is 547 g/mol. The number of hydrogen-bond acceptors (Lipinski definition) is 10. The van der Waals surface area contributed by atoms with E-state index in [1.807, 2.05) is 66.7 Å². The zero-order valence-electron chi connectivity index (χ0n) is 22.2. The van der Waals surface area contributed by atoms with Crippen LogP contribution in [0.4, 0.5) is 0 Å². The molecule has 0 fully saturated rings. The molecule has 2 aromatic heterocycles. The summed E-state index contributed by atoms with van der Waals surface area (Å²) in [6.45, 7) is 2.08. The van der Waals surface area contributed by atoms with E-state index < -0.39 is 0 Å². The van der Waals surface area contributed by atoms with Crippen molar-refractivity contribution >= 4 is 12.0 Å². The van der Waals surface area contributed by atoms with Crippen LogP contribution in [-0.4, -0.2) is 47.9 Å². The summed E-state index contributed by atoms with van der Waals surface area (Å²) in [6.07, 6.45) is 2.48. The second kappa shape index (κ2) is 16.9. The van der Waals surface area contributed by atoms with Gasteiger partial charge in [0.1, 0.15) is 29.9 Å². The lowest BCUT2D eigenvalue weighted by molar-refractivity contribution is -0.160. The molecule has 4 rings (SSSR count). The molecule has 0 N–H and O–H groups in total. The van der Waals surface area contributed by atoms with Gasteiger partial charge in [-0.25, -0.2) is 24.8 Å². The number of nitrogens with zero attached hydrogens (tertiary/aromatic N) is 4. The summed E-state index contributed by atoms with van der Waals surface area (Å²) in [5.74, 6) is 6.09. The summed E-state index contributed by atoms with van der Waals surface area (Å²) >= 11 is 1.03. The zero-order chi connectivity index (χ0) is 27.7. The molecule has 2 heterocycles. The van der Waals surface area contributed by atoms with Crippen molar-refractivity contribution in [3.63, 3.8) is 0 Å². The van der Waals surface area contributed by atoms with Crippen LogP contribution in [0.3, 0.4) is 0 Å². The third-order valence-electron chi connectivity index (χ3n) is 5.20. The lowest BCUT2D eigenvalue weighted by atomic mass is 10.1. The van der Waals surface area contributed by atoms with Crippen molar-refractivity contribution in [1.82, 2.24) is 19.9 Å². The van der Waals surface area contributed by atoms with Crippen LogP contribution in [0.25, 0.3) is 0 Å². The number of aromatic nitrogens is 4. The van der Waals surface area contributed by atoms with Crippen LogP contribution in [0.1, 0.15) is 41.6 Å². The van der Waals surface area contributed by atoms with Gasteiger partial charge in [-0.05, 0) is 24.1 Å². The molecule has 10 heteroatoms. The summed E-state index contributed by atoms with van der Waals surface area (Å²) in [7, 11) is 4.75. The Labute approximate surface area is 233 Å². The summed E-state index contributed by atoms with van der Waals surface area (Å²) in [6, 6.07) is 23.4. The molecule has 0 aliphatic carbocycles. The Balaban J connectivity index is 0.000000216. The average Bonchev–Trinajstić information content (AvgIpc) is 2.99. The van der Waals surface area contributed by atoms with Crippen molar-refractivity contribution in [2.24, 2.45) is 0 Å². The van der Waals surface area contributed by atoms with Crippen LogP contribution < -0.4 is 4.74 Å². The molecule has 0 amide bonds. The molecular weight excluding hydrogens is 516 g/mol. The molecular formula is C29H30N4O5S. The van der Waals surface area contributed by atoms with Crippen molar-refractivity contribution < 1.29 is 23.4 Å². The van der Waals surface area contributed by atoms with E-state index in [0.29, 0.717) is 17.5 Å². The van der Waals surface area contributed by atoms with E-state index in [-0.39, 0.29) is 12.2 Å². The number of hydrogen-bond donors (Lipinski definition) is 0. The van der Waals surface area contributed by atoms with Gasteiger partial charge in [0.2, 0.25) is 5.88 Å². The van der Waals surface area contributed by atoms with Crippen LogP contribution in [0.2, 0.25) is 0 Å². The topological polar surface area (TPSA) is 97.7 Å². The summed E-state index contributed by atoms with van der Waals surface area (Å²) < 4.78 is 21.3. The van der Waals surface area contributed by atoms with Crippen molar-refractivity contribution in [2.45, 2.75) is 24.2 Å². The smallest absolute Gasteiger partial charge is 0.217 e. The van der Waals surface area contributed by atoms with Crippen LogP contribution in [0.15, 0.2) is 90.5 Å². The SMILES string of the molecule is CC#CCOc1cc(C(OC)c2ccccc2)ncn1.COOSc1cc(C(OC)c2ccccc2)ncn1. The normalized spacial score (nSPS) is 11.8. The lowest BCUT2D eigenvalue weighted by Gasteiger charge is -2.15. The van der Waals surface area contributed by atoms with Crippen LogP contribution in [0, 0.1) is 11.8 Å². The van der Waals surface area contributed by atoms with E-state index in [4.69, 9.17) is 18.5 Å². The molecule has 0 saturated heterocycles. The van der Waals surface area contributed by atoms with Gasteiger partial charge in [-0.1, -0.05) is 66.6 Å². The second-order valence-corrected chi connectivity index (χ2v) is 8.37. The predicted octanol–water partition coefficient (Wildman–Crippen LogP) is 5.41. The van der Waals surface area contributed by atoms with Gasteiger partial charge in [0.05, 0.1) is 30.5 Å². The maximum absolute atomic E-state index is 5.53. The molecule has 2 atom stereocenters. The molecule has 0 aliphatic rings. The monoisotopic (exact) mass is 546 g/mol.